The molecular formula is C14H23ClN2O2S. The summed E-state index contributed by atoms with van der Waals surface area (Å²) in [6.07, 6.45) is 2.79. The molecule has 114 valence electrons. The zero-order chi connectivity index (χ0) is 14.1. The van der Waals surface area contributed by atoms with E-state index in [1.165, 1.54) is 4.31 Å². The third-order valence-electron chi connectivity index (χ3n) is 2.84. The van der Waals surface area contributed by atoms with Gasteiger partial charge in [0.2, 0.25) is 10.0 Å². The third-order valence-corrected chi connectivity index (χ3v) is 4.75. The molecule has 6 heteroatoms. The van der Waals surface area contributed by atoms with E-state index in [1.54, 1.807) is 6.08 Å². The van der Waals surface area contributed by atoms with Gasteiger partial charge in [-0.2, -0.15) is 0 Å². The van der Waals surface area contributed by atoms with Crippen molar-refractivity contribution in [2.75, 3.05) is 25.4 Å². The molecule has 0 aliphatic rings. The Morgan fingerprint density at radius 1 is 1.20 bits per heavy atom. The second kappa shape index (κ2) is 9.94. The molecule has 0 aliphatic heterocycles. The van der Waals surface area contributed by atoms with Gasteiger partial charge in [-0.05, 0) is 18.4 Å². The maximum absolute atomic E-state index is 12.1. The van der Waals surface area contributed by atoms with Crippen molar-refractivity contribution in [1.29, 1.82) is 0 Å². The first-order valence-electron chi connectivity index (χ1n) is 6.43. The Morgan fingerprint density at radius 2 is 1.85 bits per heavy atom. The summed E-state index contributed by atoms with van der Waals surface area (Å²) in [5, 5.41) is 0. The number of hydrogen-bond acceptors (Lipinski definition) is 3. The van der Waals surface area contributed by atoms with Crippen molar-refractivity contribution >= 4 is 22.4 Å². The molecule has 0 amide bonds. The van der Waals surface area contributed by atoms with Crippen molar-refractivity contribution in [3.05, 3.63) is 48.6 Å². The standard InChI is InChI=1S/C14H22N2O2S.ClH/c1-2-3-13-19(17,18)16(12-10-15)11-9-14-7-5-4-6-8-14;/h2,4-8H,1,3,9-13,15H2;1H. The first kappa shape index (κ1) is 19.1. The Balaban J connectivity index is 0.00000361. The molecule has 0 saturated heterocycles. The van der Waals surface area contributed by atoms with Crippen LogP contribution in [0.5, 0.6) is 0 Å². The Kier molecular flexibility index (Phi) is 9.50. The molecule has 0 aliphatic carbocycles. The second-order valence-corrected chi connectivity index (χ2v) is 6.41. The monoisotopic (exact) mass is 318 g/mol. The molecule has 0 atom stereocenters. The van der Waals surface area contributed by atoms with Gasteiger partial charge in [-0.25, -0.2) is 12.7 Å². The predicted octanol–water partition coefficient (Wildman–Crippen LogP) is 1.82. The molecule has 0 unspecified atom stereocenters. The fraction of sp³-hybridized carbons (Fsp3) is 0.429. The molecule has 2 N–H and O–H groups in total. The van der Waals surface area contributed by atoms with E-state index < -0.39 is 10.0 Å². The van der Waals surface area contributed by atoms with E-state index in [2.05, 4.69) is 6.58 Å². The van der Waals surface area contributed by atoms with Crippen LogP contribution in [0.4, 0.5) is 0 Å². The van der Waals surface area contributed by atoms with Crippen LogP contribution in [0.25, 0.3) is 0 Å². The maximum Gasteiger partial charge on any atom is 0.214 e. The van der Waals surface area contributed by atoms with E-state index in [0.717, 1.165) is 5.56 Å². The molecule has 4 nitrogen and oxygen atoms in total. The van der Waals surface area contributed by atoms with Gasteiger partial charge < -0.3 is 5.73 Å². The molecule has 1 aromatic carbocycles. The number of allylic oxidation sites excluding steroid dienone is 1. The minimum atomic E-state index is -3.23. The SMILES string of the molecule is C=CCCS(=O)(=O)N(CCN)CCc1ccccc1.Cl. The van der Waals surface area contributed by atoms with E-state index in [1.807, 2.05) is 30.3 Å². The topological polar surface area (TPSA) is 63.4 Å². The highest BCUT2D eigenvalue weighted by Crippen LogP contribution is 2.07. The number of nitrogens with zero attached hydrogens (tertiary/aromatic N) is 1. The Labute approximate surface area is 128 Å². The largest absolute Gasteiger partial charge is 0.329 e. The molecule has 0 saturated carbocycles. The van der Waals surface area contributed by atoms with Crippen LogP contribution in [0, 0.1) is 0 Å². The van der Waals surface area contributed by atoms with Crippen molar-refractivity contribution in [1.82, 2.24) is 4.31 Å². The fourth-order valence-corrected chi connectivity index (χ4v) is 3.27. The Bertz CT molecular complexity index is 477. The van der Waals surface area contributed by atoms with E-state index in [9.17, 15) is 8.42 Å². The lowest BCUT2D eigenvalue weighted by molar-refractivity contribution is 0.422. The van der Waals surface area contributed by atoms with E-state index in [0.29, 0.717) is 32.5 Å². The van der Waals surface area contributed by atoms with Gasteiger partial charge in [-0.15, -0.1) is 19.0 Å². The number of sulfonamides is 1. The van der Waals surface area contributed by atoms with Crippen LogP contribution in [0.1, 0.15) is 12.0 Å². The normalized spacial score (nSPS) is 11.1. The van der Waals surface area contributed by atoms with Gasteiger partial charge in [-0.1, -0.05) is 36.4 Å². The van der Waals surface area contributed by atoms with Crippen LogP contribution >= 0.6 is 12.4 Å². The van der Waals surface area contributed by atoms with Gasteiger partial charge in [0.05, 0.1) is 5.75 Å². The quantitative estimate of drug-likeness (QED) is 0.706. The molecule has 1 rings (SSSR count). The molecule has 0 fully saturated rings. The number of halogens is 1. The Morgan fingerprint density at radius 3 is 2.40 bits per heavy atom. The van der Waals surface area contributed by atoms with Crippen molar-refractivity contribution in [3.63, 3.8) is 0 Å². The van der Waals surface area contributed by atoms with E-state index in [-0.39, 0.29) is 18.2 Å². The summed E-state index contributed by atoms with van der Waals surface area (Å²) in [7, 11) is -3.23. The third kappa shape index (κ3) is 6.52. The van der Waals surface area contributed by atoms with Gasteiger partial charge in [0.15, 0.2) is 0 Å². The van der Waals surface area contributed by atoms with E-state index in [4.69, 9.17) is 5.73 Å². The maximum atomic E-state index is 12.1. The smallest absolute Gasteiger partial charge is 0.214 e. The highest BCUT2D eigenvalue weighted by atomic mass is 35.5. The van der Waals surface area contributed by atoms with Crippen LogP contribution in [0.2, 0.25) is 0 Å². The lowest BCUT2D eigenvalue weighted by atomic mass is 10.1. The van der Waals surface area contributed by atoms with Crippen LogP contribution < -0.4 is 5.73 Å². The summed E-state index contributed by atoms with van der Waals surface area (Å²) in [4.78, 5) is 0. The Hall–Kier alpha value is -0.880. The van der Waals surface area contributed by atoms with Crippen LogP contribution in [-0.2, 0) is 16.4 Å². The van der Waals surface area contributed by atoms with Crippen molar-refractivity contribution in [2.45, 2.75) is 12.8 Å². The first-order chi connectivity index (χ1) is 9.10. The number of nitrogens with two attached hydrogens (primary N) is 1. The molecule has 0 spiro atoms. The molecule has 1 aromatic rings. The van der Waals surface area contributed by atoms with Crippen molar-refractivity contribution in [3.8, 4) is 0 Å². The van der Waals surface area contributed by atoms with Gasteiger partial charge in [0.1, 0.15) is 0 Å². The molecule has 0 aromatic heterocycles. The van der Waals surface area contributed by atoms with Gasteiger partial charge in [0.25, 0.3) is 0 Å². The van der Waals surface area contributed by atoms with Crippen LogP contribution in [0.15, 0.2) is 43.0 Å². The van der Waals surface area contributed by atoms with Gasteiger partial charge >= 0.3 is 0 Å². The van der Waals surface area contributed by atoms with Crippen LogP contribution in [0.3, 0.4) is 0 Å². The summed E-state index contributed by atoms with van der Waals surface area (Å²) in [5.74, 6) is 0.102. The summed E-state index contributed by atoms with van der Waals surface area (Å²) < 4.78 is 25.7. The molecular weight excluding hydrogens is 296 g/mol. The summed E-state index contributed by atoms with van der Waals surface area (Å²) in [5.41, 5.74) is 6.63. The highest BCUT2D eigenvalue weighted by Gasteiger charge is 2.19. The number of benzene rings is 1. The summed E-state index contributed by atoms with van der Waals surface area (Å²) >= 11 is 0. The lowest BCUT2D eigenvalue weighted by Crippen LogP contribution is -2.38. The molecule has 0 heterocycles. The number of hydrogen-bond donors (Lipinski definition) is 1. The highest BCUT2D eigenvalue weighted by molar-refractivity contribution is 7.89. The first-order valence-corrected chi connectivity index (χ1v) is 8.04. The fourth-order valence-electron chi connectivity index (χ4n) is 1.79. The zero-order valence-electron chi connectivity index (χ0n) is 11.6. The predicted molar refractivity (Wildman–Crippen MR) is 86.6 cm³/mol. The number of rotatable bonds is 9. The minimum absolute atomic E-state index is 0. The second-order valence-electron chi connectivity index (χ2n) is 4.32. The van der Waals surface area contributed by atoms with Crippen molar-refractivity contribution < 1.29 is 8.42 Å². The van der Waals surface area contributed by atoms with E-state index >= 15 is 0 Å². The van der Waals surface area contributed by atoms with Gasteiger partial charge in [0, 0.05) is 19.6 Å². The zero-order valence-corrected chi connectivity index (χ0v) is 13.2. The summed E-state index contributed by atoms with van der Waals surface area (Å²) in [6.45, 7) is 4.73. The van der Waals surface area contributed by atoms with Crippen molar-refractivity contribution in [2.24, 2.45) is 5.73 Å². The average molecular weight is 319 g/mol. The lowest BCUT2D eigenvalue weighted by Gasteiger charge is -2.21. The van der Waals surface area contributed by atoms with Gasteiger partial charge in [-0.3, -0.25) is 0 Å². The minimum Gasteiger partial charge on any atom is -0.329 e. The molecule has 0 bridgehead atoms. The summed E-state index contributed by atoms with van der Waals surface area (Å²) in [6, 6.07) is 9.85. The molecule has 0 radical (unpaired) electrons. The average Bonchev–Trinajstić information content (AvgIpc) is 2.42. The molecule has 20 heavy (non-hydrogen) atoms. The van der Waals surface area contributed by atoms with Crippen LogP contribution in [-0.4, -0.2) is 38.1 Å².